The molecular weight excluding hydrogens is 330 g/mol. The fourth-order valence-electron chi connectivity index (χ4n) is 4.53. The Morgan fingerprint density at radius 2 is 1.85 bits per heavy atom. The van der Waals surface area contributed by atoms with E-state index >= 15 is 0 Å². The highest BCUT2D eigenvalue weighted by molar-refractivity contribution is 6.07. The van der Waals surface area contributed by atoms with Gasteiger partial charge in [0.2, 0.25) is 0 Å². The highest BCUT2D eigenvalue weighted by Gasteiger charge is 2.67. The number of nitro groups is 1. The molecule has 4 atom stereocenters. The zero-order valence-corrected chi connectivity index (χ0v) is 14.7. The van der Waals surface area contributed by atoms with E-state index in [2.05, 4.69) is 17.6 Å². The molecule has 2 aliphatic rings. The predicted octanol–water partition coefficient (Wildman–Crippen LogP) is 2.82. The Bertz CT molecular complexity index is 880. The molecule has 2 aromatic rings. The minimum Gasteiger partial charge on any atom is -0.324 e. The van der Waals surface area contributed by atoms with Gasteiger partial charge in [0.15, 0.2) is 5.54 Å². The lowest BCUT2D eigenvalue weighted by Crippen LogP contribution is -2.54. The fraction of sp³-hybridized carbons (Fsp3) is 0.350. The van der Waals surface area contributed by atoms with Gasteiger partial charge < -0.3 is 5.32 Å². The number of hydrogen-bond donors (Lipinski definition) is 2. The Balaban J connectivity index is 1.86. The lowest BCUT2D eigenvalue weighted by Gasteiger charge is -2.25. The van der Waals surface area contributed by atoms with Crippen molar-refractivity contribution >= 4 is 11.6 Å². The predicted molar refractivity (Wildman–Crippen MR) is 98.7 cm³/mol. The summed E-state index contributed by atoms with van der Waals surface area (Å²) in [5, 5.41) is 18.3. The van der Waals surface area contributed by atoms with E-state index in [1.54, 1.807) is 12.1 Å². The number of amides is 1. The van der Waals surface area contributed by atoms with E-state index in [9.17, 15) is 14.9 Å². The number of benzene rings is 2. The molecule has 0 aliphatic carbocycles. The maximum Gasteiger partial charge on any atom is 0.256 e. The van der Waals surface area contributed by atoms with E-state index in [1.165, 1.54) is 5.56 Å². The Labute approximate surface area is 151 Å². The van der Waals surface area contributed by atoms with Gasteiger partial charge in [-0.3, -0.25) is 20.2 Å². The number of para-hydroxylation sites is 1. The maximum atomic E-state index is 12.9. The van der Waals surface area contributed by atoms with Crippen molar-refractivity contribution in [3.05, 3.63) is 75.3 Å². The first-order valence-corrected chi connectivity index (χ1v) is 8.90. The van der Waals surface area contributed by atoms with E-state index in [-0.39, 0.29) is 16.9 Å². The number of nitrogens with one attached hydrogen (secondary N) is 2. The van der Waals surface area contributed by atoms with Crippen molar-refractivity contribution in [3.63, 3.8) is 0 Å². The minimum absolute atomic E-state index is 0.213. The molecule has 4 rings (SSSR count). The third-order valence-electron chi connectivity index (χ3n) is 5.74. The van der Waals surface area contributed by atoms with E-state index in [1.807, 2.05) is 43.3 Å². The van der Waals surface area contributed by atoms with E-state index < -0.39 is 17.5 Å². The monoisotopic (exact) mass is 351 g/mol. The molecule has 0 radical (unpaired) electrons. The van der Waals surface area contributed by atoms with Crippen LogP contribution in [-0.4, -0.2) is 22.9 Å². The maximum absolute atomic E-state index is 12.9. The average Bonchev–Trinajstić information content (AvgIpc) is 3.10. The molecule has 1 saturated heterocycles. The molecule has 0 saturated carbocycles. The van der Waals surface area contributed by atoms with Crippen molar-refractivity contribution in [1.29, 1.82) is 0 Å². The largest absolute Gasteiger partial charge is 0.324 e. The number of carbonyl (C=O) groups is 1. The quantitative estimate of drug-likeness (QED) is 0.658. The van der Waals surface area contributed by atoms with Crippen LogP contribution in [0.15, 0.2) is 48.5 Å². The van der Waals surface area contributed by atoms with Crippen molar-refractivity contribution in [1.82, 2.24) is 5.32 Å². The van der Waals surface area contributed by atoms with Gasteiger partial charge in [-0.05, 0) is 30.5 Å². The topological polar surface area (TPSA) is 84.3 Å². The molecular formula is C20H21N3O3. The number of aryl methyl sites for hydroxylation is 1. The summed E-state index contributed by atoms with van der Waals surface area (Å²) in [6.07, 6.45) is 0.914. The molecule has 2 aliphatic heterocycles. The highest BCUT2D eigenvalue weighted by Crippen LogP contribution is 2.49. The summed E-state index contributed by atoms with van der Waals surface area (Å²) >= 11 is 0. The summed E-state index contributed by atoms with van der Waals surface area (Å²) in [5.74, 6) is -0.743. The number of rotatable bonds is 3. The second-order valence-corrected chi connectivity index (χ2v) is 7.09. The SMILES string of the molecule is CCc1ccc([C@@H]2[C@H](C)N[C@]3(C(=O)Nc4ccccc43)[C@@H]2[N+](=O)[O-])cc1. The summed E-state index contributed by atoms with van der Waals surface area (Å²) in [7, 11) is 0. The normalized spacial score (nSPS) is 29.6. The summed E-state index contributed by atoms with van der Waals surface area (Å²) in [6.45, 7) is 3.99. The molecule has 0 aromatic heterocycles. The number of carbonyl (C=O) groups excluding carboxylic acids is 1. The van der Waals surface area contributed by atoms with Gasteiger partial charge in [0.05, 0.1) is 5.92 Å². The lowest BCUT2D eigenvalue weighted by atomic mass is 9.78. The molecule has 0 bridgehead atoms. The zero-order chi connectivity index (χ0) is 18.5. The van der Waals surface area contributed by atoms with Crippen molar-refractivity contribution < 1.29 is 9.72 Å². The molecule has 1 spiro atoms. The summed E-state index contributed by atoms with van der Waals surface area (Å²) in [4.78, 5) is 24.8. The summed E-state index contributed by atoms with van der Waals surface area (Å²) in [5.41, 5.74) is 2.03. The first kappa shape index (κ1) is 16.7. The van der Waals surface area contributed by atoms with Crippen molar-refractivity contribution in [2.75, 3.05) is 5.32 Å². The van der Waals surface area contributed by atoms with Crippen LogP contribution in [0.4, 0.5) is 5.69 Å². The standard InChI is InChI=1S/C20H21N3O3/c1-3-13-8-10-14(11-9-13)17-12(2)22-20(18(17)23(25)26)15-6-4-5-7-16(15)21-19(20)24/h4-12,17-18,22H,3H2,1-2H3,(H,21,24)/t12-,17-,18+,20-/m0/s1. The van der Waals surface area contributed by atoms with Crippen LogP contribution in [0.3, 0.4) is 0 Å². The molecule has 0 unspecified atom stereocenters. The zero-order valence-electron chi connectivity index (χ0n) is 14.7. The van der Waals surface area contributed by atoms with Crippen LogP contribution in [0.5, 0.6) is 0 Å². The first-order valence-electron chi connectivity index (χ1n) is 8.90. The van der Waals surface area contributed by atoms with Crippen LogP contribution < -0.4 is 10.6 Å². The van der Waals surface area contributed by atoms with Gasteiger partial charge in [-0.2, -0.15) is 0 Å². The van der Waals surface area contributed by atoms with E-state index in [0.29, 0.717) is 11.3 Å². The smallest absolute Gasteiger partial charge is 0.256 e. The van der Waals surface area contributed by atoms with Crippen LogP contribution >= 0.6 is 0 Å². The minimum atomic E-state index is -1.34. The average molecular weight is 351 g/mol. The van der Waals surface area contributed by atoms with Crippen LogP contribution in [-0.2, 0) is 16.8 Å². The van der Waals surface area contributed by atoms with Gasteiger partial charge in [-0.25, -0.2) is 0 Å². The number of anilines is 1. The highest BCUT2D eigenvalue weighted by atomic mass is 16.6. The Kier molecular flexibility index (Phi) is 3.80. The van der Waals surface area contributed by atoms with Crippen LogP contribution in [0.1, 0.15) is 36.5 Å². The van der Waals surface area contributed by atoms with Crippen LogP contribution in [0.2, 0.25) is 0 Å². The van der Waals surface area contributed by atoms with Crippen molar-refractivity contribution in [2.45, 2.75) is 43.8 Å². The molecule has 6 heteroatoms. The molecule has 2 aromatic carbocycles. The number of hydrogen-bond acceptors (Lipinski definition) is 4. The molecule has 1 fully saturated rings. The molecule has 1 amide bonds. The molecule has 6 nitrogen and oxygen atoms in total. The van der Waals surface area contributed by atoms with E-state index in [4.69, 9.17) is 0 Å². The van der Waals surface area contributed by atoms with Gasteiger partial charge in [0.1, 0.15) is 0 Å². The van der Waals surface area contributed by atoms with Gasteiger partial charge in [0, 0.05) is 22.2 Å². The van der Waals surface area contributed by atoms with Crippen LogP contribution in [0.25, 0.3) is 0 Å². The van der Waals surface area contributed by atoms with E-state index in [0.717, 1.165) is 12.0 Å². The third kappa shape index (κ3) is 2.18. The summed E-state index contributed by atoms with van der Waals surface area (Å²) in [6, 6.07) is 13.8. The molecule has 134 valence electrons. The van der Waals surface area contributed by atoms with Gasteiger partial charge in [-0.1, -0.05) is 49.4 Å². The second kappa shape index (κ2) is 5.92. The Morgan fingerprint density at radius 1 is 1.15 bits per heavy atom. The molecule has 26 heavy (non-hydrogen) atoms. The lowest BCUT2D eigenvalue weighted by molar-refractivity contribution is -0.532. The first-order chi connectivity index (χ1) is 12.5. The van der Waals surface area contributed by atoms with Crippen molar-refractivity contribution in [3.8, 4) is 0 Å². The van der Waals surface area contributed by atoms with Crippen LogP contribution in [0, 0.1) is 10.1 Å². The van der Waals surface area contributed by atoms with Gasteiger partial charge >= 0.3 is 0 Å². The summed E-state index contributed by atoms with van der Waals surface area (Å²) < 4.78 is 0. The number of nitrogens with zero attached hydrogens (tertiary/aromatic N) is 1. The number of fused-ring (bicyclic) bond motifs is 2. The van der Waals surface area contributed by atoms with Crippen molar-refractivity contribution in [2.24, 2.45) is 0 Å². The fourth-order valence-corrected chi connectivity index (χ4v) is 4.53. The van der Waals surface area contributed by atoms with Gasteiger partial charge in [-0.15, -0.1) is 0 Å². The second-order valence-electron chi connectivity index (χ2n) is 7.09. The van der Waals surface area contributed by atoms with Gasteiger partial charge in [0.25, 0.3) is 11.9 Å². The molecule has 2 heterocycles. The Morgan fingerprint density at radius 3 is 2.50 bits per heavy atom. The molecule has 2 N–H and O–H groups in total. The third-order valence-corrected chi connectivity index (χ3v) is 5.74. The Hall–Kier alpha value is -2.73.